The molecule has 0 spiro atoms. The highest BCUT2D eigenvalue weighted by Gasteiger charge is 2.31. The molecule has 2 heterocycles. The first-order valence-corrected chi connectivity index (χ1v) is 10.9. The Morgan fingerprint density at radius 3 is 2.59 bits per heavy atom. The Balaban J connectivity index is 1.34. The molecule has 0 bridgehead atoms. The molecule has 1 aliphatic rings. The number of hydrogen-bond donors (Lipinski definition) is 2. The Morgan fingerprint density at radius 2 is 1.84 bits per heavy atom. The van der Waals surface area contributed by atoms with Gasteiger partial charge in [-0.2, -0.15) is 0 Å². The summed E-state index contributed by atoms with van der Waals surface area (Å²) in [4.78, 5) is 35.3. The van der Waals surface area contributed by atoms with Crippen LogP contribution in [-0.4, -0.2) is 52.4 Å². The van der Waals surface area contributed by atoms with E-state index in [4.69, 9.17) is 0 Å². The quantitative estimate of drug-likeness (QED) is 0.573. The van der Waals surface area contributed by atoms with Gasteiger partial charge in [0, 0.05) is 51.2 Å². The predicted octanol–water partition coefficient (Wildman–Crippen LogP) is 2.19. The third-order valence-corrected chi connectivity index (χ3v) is 5.59. The SMILES string of the molecule is O=C(C[C@@H]1C(=O)NCCN1Cc1ccc(-c2ccccc2)cc1)NCCc1cnccn1. The average molecular weight is 430 g/mol. The molecule has 2 aromatic carbocycles. The van der Waals surface area contributed by atoms with Gasteiger partial charge in [0.25, 0.3) is 0 Å². The van der Waals surface area contributed by atoms with Gasteiger partial charge in [-0.15, -0.1) is 0 Å². The number of amides is 2. The third kappa shape index (κ3) is 5.76. The van der Waals surface area contributed by atoms with Crippen LogP contribution in [0, 0.1) is 0 Å². The lowest BCUT2D eigenvalue weighted by Crippen LogP contribution is -2.56. The molecule has 0 aliphatic carbocycles. The summed E-state index contributed by atoms with van der Waals surface area (Å²) in [6.45, 7) is 2.39. The van der Waals surface area contributed by atoms with Gasteiger partial charge in [-0.3, -0.25) is 24.5 Å². The fraction of sp³-hybridized carbons (Fsp3) is 0.280. The number of nitrogens with zero attached hydrogens (tertiary/aromatic N) is 3. The number of piperazine rings is 1. The minimum absolute atomic E-state index is 0.0961. The monoisotopic (exact) mass is 429 g/mol. The van der Waals surface area contributed by atoms with Gasteiger partial charge in [0.05, 0.1) is 18.2 Å². The minimum atomic E-state index is -0.478. The summed E-state index contributed by atoms with van der Waals surface area (Å²) in [7, 11) is 0. The van der Waals surface area contributed by atoms with Crippen LogP contribution in [-0.2, 0) is 22.6 Å². The summed E-state index contributed by atoms with van der Waals surface area (Å²) in [6, 6.07) is 18.1. The average Bonchev–Trinajstić information content (AvgIpc) is 2.83. The third-order valence-electron chi connectivity index (χ3n) is 5.59. The smallest absolute Gasteiger partial charge is 0.237 e. The van der Waals surface area contributed by atoms with Crippen molar-refractivity contribution in [1.29, 1.82) is 0 Å². The number of hydrogen-bond acceptors (Lipinski definition) is 5. The van der Waals surface area contributed by atoms with Crippen molar-refractivity contribution in [3.8, 4) is 11.1 Å². The normalized spacial score (nSPS) is 16.4. The Kier molecular flexibility index (Phi) is 7.19. The maximum Gasteiger partial charge on any atom is 0.237 e. The zero-order valence-corrected chi connectivity index (χ0v) is 17.9. The van der Waals surface area contributed by atoms with E-state index in [2.05, 4.69) is 61.9 Å². The molecule has 3 aromatic rings. The molecule has 7 heteroatoms. The Hall–Kier alpha value is -3.58. The van der Waals surface area contributed by atoms with E-state index in [0.717, 1.165) is 16.8 Å². The van der Waals surface area contributed by atoms with Crippen molar-refractivity contribution < 1.29 is 9.59 Å². The van der Waals surface area contributed by atoms with E-state index >= 15 is 0 Å². The molecular weight excluding hydrogens is 402 g/mol. The first kappa shape index (κ1) is 21.6. The van der Waals surface area contributed by atoms with Crippen LogP contribution in [0.15, 0.2) is 73.2 Å². The molecule has 32 heavy (non-hydrogen) atoms. The summed E-state index contributed by atoms with van der Waals surface area (Å²) in [5, 5.41) is 5.78. The zero-order chi connectivity index (χ0) is 22.2. The van der Waals surface area contributed by atoms with E-state index in [1.165, 1.54) is 5.56 Å². The van der Waals surface area contributed by atoms with E-state index in [-0.39, 0.29) is 18.2 Å². The Labute approximate surface area is 187 Å². The number of nitrogens with one attached hydrogen (secondary N) is 2. The predicted molar refractivity (Wildman–Crippen MR) is 122 cm³/mol. The van der Waals surface area contributed by atoms with Gasteiger partial charge in [0.2, 0.25) is 11.8 Å². The summed E-state index contributed by atoms with van der Waals surface area (Å²) < 4.78 is 0. The summed E-state index contributed by atoms with van der Waals surface area (Å²) >= 11 is 0. The second kappa shape index (κ2) is 10.6. The largest absolute Gasteiger partial charge is 0.356 e. The number of benzene rings is 2. The second-order valence-electron chi connectivity index (χ2n) is 7.84. The van der Waals surface area contributed by atoms with Gasteiger partial charge < -0.3 is 10.6 Å². The number of rotatable bonds is 8. The van der Waals surface area contributed by atoms with Gasteiger partial charge >= 0.3 is 0 Å². The lowest BCUT2D eigenvalue weighted by molar-refractivity contribution is -0.134. The molecule has 0 saturated carbocycles. The van der Waals surface area contributed by atoms with Crippen LogP contribution in [0.4, 0.5) is 0 Å². The Bertz CT molecular complexity index is 1030. The van der Waals surface area contributed by atoms with Crippen molar-refractivity contribution in [3.05, 3.63) is 84.4 Å². The van der Waals surface area contributed by atoms with E-state index in [0.29, 0.717) is 32.6 Å². The fourth-order valence-electron chi connectivity index (χ4n) is 3.88. The van der Waals surface area contributed by atoms with Crippen LogP contribution in [0.25, 0.3) is 11.1 Å². The first-order chi connectivity index (χ1) is 15.7. The van der Waals surface area contributed by atoms with Gasteiger partial charge in [0.1, 0.15) is 0 Å². The van der Waals surface area contributed by atoms with Crippen LogP contribution in [0.2, 0.25) is 0 Å². The Morgan fingerprint density at radius 1 is 1.06 bits per heavy atom. The van der Waals surface area contributed by atoms with Crippen molar-refractivity contribution in [2.45, 2.75) is 25.4 Å². The van der Waals surface area contributed by atoms with Crippen molar-refractivity contribution in [3.63, 3.8) is 0 Å². The van der Waals surface area contributed by atoms with E-state index in [1.54, 1.807) is 18.6 Å². The summed E-state index contributed by atoms with van der Waals surface area (Å²) in [6.07, 6.45) is 5.68. The molecule has 7 nitrogen and oxygen atoms in total. The van der Waals surface area contributed by atoms with Gasteiger partial charge in [-0.25, -0.2) is 0 Å². The standard InChI is InChI=1S/C25H27N5O2/c31-24(28-11-10-22-17-26-12-13-27-22)16-23-25(32)29-14-15-30(23)18-19-6-8-21(9-7-19)20-4-2-1-3-5-20/h1-9,12-13,17,23H,10-11,14-16,18H2,(H,28,31)(H,29,32)/t23-/m1/s1. The van der Waals surface area contributed by atoms with Crippen molar-refractivity contribution in [2.24, 2.45) is 0 Å². The molecule has 2 amide bonds. The van der Waals surface area contributed by atoms with Crippen LogP contribution in [0.1, 0.15) is 17.7 Å². The molecule has 1 fully saturated rings. The zero-order valence-electron chi connectivity index (χ0n) is 17.9. The number of carbonyl (C=O) groups excluding carboxylic acids is 2. The van der Waals surface area contributed by atoms with Crippen LogP contribution in [0.5, 0.6) is 0 Å². The highest BCUT2D eigenvalue weighted by molar-refractivity contribution is 5.88. The maximum absolute atomic E-state index is 12.5. The molecule has 1 aliphatic heterocycles. The van der Waals surface area contributed by atoms with Gasteiger partial charge in [-0.1, -0.05) is 54.6 Å². The van der Waals surface area contributed by atoms with E-state index in [9.17, 15) is 9.59 Å². The van der Waals surface area contributed by atoms with Gasteiger partial charge in [0.15, 0.2) is 0 Å². The van der Waals surface area contributed by atoms with Crippen LogP contribution < -0.4 is 10.6 Å². The molecule has 164 valence electrons. The molecule has 0 radical (unpaired) electrons. The maximum atomic E-state index is 12.5. The molecular formula is C25H27N5O2. The molecule has 1 atom stereocenters. The molecule has 2 N–H and O–H groups in total. The highest BCUT2D eigenvalue weighted by atomic mass is 16.2. The molecule has 4 rings (SSSR count). The van der Waals surface area contributed by atoms with E-state index < -0.39 is 6.04 Å². The second-order valence-corrected chi connectivity index (χ2v) is 7.84. The number of aromatic nitrogens is 2. The molecule has 1 aromatic heterocycles. The van der Waals surface area contributed by atoms with Crippen molar-refractivity contribution >= 4 is 11.8 Å². The summed E-state index contributed by atoms with van der Waals surface area (Å²) in [5.74, 6) is -0.235. The molecule has 0 unspecified atom stereocenters. The van der Waals surface area contributed by atoms with Crippen LogP contribution >= 0.6 is 0 Å². The lowest BCUT2D eigenvalue weighted by Gasteiger charge is -2.34. The van der Waals surface area contributed by atoms with E-state index in [1.807, 2.05) is 18.2 Å². The first-order valence-electron chi connectivity index (χ1n) is 10.9. The minimum Gasteiger partial charge on any atom is -0.356 e. The van der Waals surface area contributed by atoms with Crippen molar-refractivity contribution in [2.75, 3.05) is 19.6 Å². The topological polar surface area (TPSA) is 87.2 Å². The lowest BCUT2D eigenvalue weighted by atomic mass is 10.0. The van der Waals surface area contributed by atoms with Gasteiger partial charge in [-0.05, 0) is 16.7 Å². The van der Waals surface area contributed by atoms with Crippen molar-refractivity contribution in [1.82, 2.24) is 25.5 Å². The summed E-state index contributed by atoms with van der Waals surface area (Å²) in [5.41, 5.74) is 4.27. The molecule has 1 saturated heterocycles. The fourth-order valence-corrected chi connectivity index (χ4v) is 3.88. The highest BCUT2D eigenvalue weighted by Crippen LogP contribution is 2.21. The number of carbonyl (C=O) groups is 2. The van der Waals surface area contributed by atoms with Crippen LogP contribution in [0.3, 0.4) is 0 Å².